The number of rotatable bonds is 2. The van der Waals surface area contributed by atoms with Gasteiger partial charge in [-0.05, 0) is 24.6 Å². The van der Waals surface area contributed by atoms with E-state index < -0.39 is 5.82 Å². The predicted octanol–water partition coefficient (Wildman–Crippen LogP) is 1.62. The molecule has 0 aliphatic rings. The molecule has 0 unspecified atom stereocenters. The van der Waals surface area contributed by atoms with Crippen LogP contribution in [0.25, 0.3) is 11.4 Å². The Balaban J connectivity index is 2.38. The number of aromatic amines is 1. The maximum atomic E-state index is 13.7. The minimum Gasteiger partial charge on any atom is -0.342 e. The van der Waals surface area contributed by atoms with E-state index in [9.17, 15) is 9.18 Å². The fourth-order valence-electron chi connectivity index (χ4n) is 1.49. The molecule has 2 aromatic rings. The lowest BCUT2D eigenvalue weighted by molar-refractivity contribution is 0.0816. The van der Waals surface area contributed by atoms with Gasteiger partial charge in [-0.3, -0.25) is 9.89 Å². The molecule has 1 heterocycles. The molecule has 0 saturated heterocycles. The average molecular weight is 248 g/mol. The van der Waals surface area contributed by atoms with Crippen LogP contribution in [0, 0.1) is 12.7 Å². The molecule has 0 spiro atoms. The van der Waals surface area contributed by atoms with E-state index in [0.29, 0.717) is 0 Å². The minimum atomic E-state index is -0.405. The largest absolute Gasteiger partial charge is 0.342 e. The molecule has 0 bridgehead atoms. The van der Waals surface area contributed by atoms with Crippen LogP contribution in [0.3, 0.4) is 0 Å². The number of hydrogen-bond acceptors (Lipinski definition) is 3. The zero-order chi connectivity index (χ0) is 13.3. The van der Waals surface area contributed by atoms with E-state index in [-0.39, 0.29) is 23.1 Å². The number of aryl methyl sites for hydroxylation is 1. The third kappa shape index (κ3) is 2.22. The number of nitrogens with one attached hydrogen (secondary N) is 1. The fourth-order valence-corrected chi connectivity index (χ4v) is 1.49. The van der Waals surface area contributed by atoms with Crippen molar-refractivity contribution in [1.82, 2.24) is 20.1 Å². The van der Waals surface area contributed by atoms with Crippen LogP contribution in [0.4, 0.5) is 4.39 Å². The first kappa shape index (κ1) is 12.2. The highest BCUT2D eigenvalue weighted by atomic mass is 19.1. The summed E-state index contributed by atoms with van der Waals surface area (Å²) in [4.78, 5) is 17.0. The SMILES string of the molecule is Cc1ccc(-c2n[nH]c(C(=O)N(C)C)n2)c(F)c1. The van der Waals surface area contributed by atoms with Gasteiger partial charge in [0.05, 0.1) is 5.56 Å². The van der Waals surface area contributed by atoms with Gasteiger partial charge in [0.15, 0.2) is 5.82 Å². The molecule has 18 heavy (non-hydrogen) atoms. The summed E-state index contributed by atoms with van der Waals surface area (Å²) in [7, 11) is 3.22. The molecule has 0 aliphatic carbocycles. The van der Waals surface area contributed by atoms with E-state index in [2.05, 4.69) is 15.2 Å². The highest BCUT2D eigenvalue weighted by molar-refractivity contribution is 5.90. The van der Waals surface area contributed by atoms with Crippen molar-refractivity contribution in [3.8, 4) is 11.4 Å². The lowest BCUT2D eigenvalue weighted by atomic mass is 10.1. The van der Waals surface area contributed by atoms with Crippen LogP contribution >= 0.6 is 0 Å². The number of carbonyl (C=O) groups excluding carboxylic acids is 1. The lowest BCUT2D eigenvalue weighted by Gasteiger charge is -2.05. The van der Waals surface area contributed by atoms with Crippen LogP contribution in [0.2, 0.25) is 0 Å². The molecule has 0 saturated carbocycles. The zero-order valence-electron chi connectivity index (χ0n) is 10.4. The van der Waals surface area contributed by atoms with E-state index in [1.54, 1.807) is 33.2 Å². The molecule has 1 aromatic heterocycles. The van der Waals surface area contributed by atoms with Crippen molar-refractivity contribution in [2.75, 3.05) is 14.1 Å². The number of hydrogen-bond donors (Lipinski definition) is 1. The molecule has 0 radical (unpaired) electrons. The summed E-state index contributed by atoms with van der Waals surface area (Å²) < 4.78 is 13.7. The number of nitrogens with zero attached hydrogens (tertiary/aromatic N) is 3. The van der Waals surface area contributed by atoms with Crippen molar-refractivity contribution < 1.29 is 9.18 Å². The number of benzene rings is 1. The number of halogens is 1. The van der Waals surface area contributed by atoms with E-state index in [1.165, 1.54) is 11.0 Å². The van der Waals surface area contributed by atoms with Crippen LogP contribution in [0.5, 0.6) is 0 Å². The second-order valence-electron chi connectivity index (χ2n) is 4.19. The van der Waals surface area contributed by atoms with Crippen molar-refractivity contribution >= 4 is 5.91 Å². The topological polar surface area (TPSA) is 61.9 Å². The van der Waals surface area contributed by atoms with Crippen LogP contribution in [-0.2, 0) is 0 Å². The Morgan fingerprint density at radius 3 is 2.72 bits per heavy atom. The third-order valence-electron chi connectivity index (χ3n) is 2.46. The first-order chi connectivity index (χ1) is 8.49. The summed E-state index contributed by atoms with van der Waals surface area (Å²) in [6.07, 6.45) is 0. The molecule has 94 valence electrons. The van der Waals surface area contributed by atoms with Crippen molar-refractivity contribution in [2.24, 2.45) is 0 Å². The van der Waals surface area contributed by atoms with Gasteiger partial charge >= 0.3 is 0 Å². The summed E-state index contributed by atoms with van der Waals surface area (Å²) >= 11 is 0. The number of H-pyrrole nitrogens is 1. The molecule has 0 atom stereocenters. The van der Waals surface area contributed by atoms with Gasteiger partial charge in [0, 0.05) is 14.1 Å². The van der Waals surface area contributed by atoms with E-state index in [0.717, 1.165) is 5.56 Å². The lowest BCUT2D eigenvalue weighted by Crippen LogP contribution is -2.22. The smallest absolute Gasteiger partial charge is 0.290 e. The van der Waals surface area contributed by atoms with Crippen LogP contribution in [0.1, 0.15) is 16.2 Å². The van der Waals surface area contributed by atoms with Crippen molar-refractivity contribution in [2.45, 2.75) is 6.92 Å². The number of amides is 1. The average Bonchev–Trinajstić information content (AvgIpc) is 2.77. The monoisotopic (exact) mass is 248 g/mol. The fraction of sp³-hybridized carbons (Fsp3) is 0.250. The predicted molar refractivity (Wildman–Crippen MR) is 64.5 cm³/mol. The standard InChI is InChI=1S/C12H13FN4O/c1-7-4-5-8(9(13)6-7)10-14-11(16-15-10)12(18)17(2)3/h4-6H,1-3H3,(H,14,15,16). The van der Waals surface area contributed by atoms with Crippen LogP contribution in [-0.4, -0.2) is 40.1 Å². The Labute approximate surface area is 104 Å². The maximum Gasteiger partial charge on any atom is 0.290 e. The molecule has 1 aromatic carbocycles. The van der Waals surface area contributed by atoms with Gasteiger partial charge in [-0.1, -0.05) is 6.07 Å². The zero-order valence-corrected chi connectivity index (χ0v) is 10.4. The highest BCUT2D eigenvalue weighted by Crippen LogP contribution is 2.20. The van der Waals surface area contributed by atoms with Gasteiger partial charge in [-0.25, -0.2) is 9.37 Å². The minimum absolute atomic E-state index is 0.0926. The Kier molecular flexibility index (Phi) is 3.10. The summed E-state index contributed by atoms with van der Waals surface area (Å²) in [5, 5.41) is 6.36. The molecular weight excluding hydrogens is 235 g/mol. The second kappa shape index (κ2) is 4.56. The second-order valence-corrected chi connectivity index (χ2v) is 4.19. The van der Waals surface area contributed by atoms with Gasteiger partial charge in [0.2, 0.25) is 5.82 Å². The Bertz CT molecular complexity index is 592. The third-order valence-corrected chi connectivity index (χ3v) is 2.46. The van der Waals surface area contributed by atoms with Gasteiger partial charge in [0.1, 0.15) is 5.82 Å². The maximum absolute atomic E-state index is 13.7. The van der Waals surface area contributed by atoms with E-state index in [1.807, 2.05) is 0 Å². The Morgan fingerprint density at radius 1 is 1.39 bits per heavy atom. The van der Waals surface area contributed by atoms with Gasteiger partial charge in [0.25, 0.3) is 5.91 Å². The Hall–Kier alpha value is -2.24. The summed E-state index contributed by atoms with van der Waals surface area (Å²) in [5.74, 6) is -0.438. The van der Waals surface area contributed by atoms with E-state index >= 15 is 0 Å². The molecule has 0 fully saturated rings. The number of aromatic nitrogens is 3. The van der Waals surface area contributed by atoms with Crippen LogP contribution < -0.4 is 0 Å². The molecular formula is C12H13FN4O. The van der Waals surface area contributed by atoms with Crippen LogP contribution in [0.15, 0.2) is 18.2 Å². The molecule has 2 rings (SSSR count). The first-order valence-corrected chi connectivity index (χ1v) is 5.39. The quantitative estimate of drug-likeness (QED) is 0.878. The molecule has 0 aliphatic heterocycles. The molecule has 5 nitrogen and oxygen atoms in total. The van der Waals surface area contributed by atoms with Gasteiger partial charge in [-0.2, -0.15) is 5.10 Å². The van der Waals surface area contributed by atoms with Crippen molar-refractivity contribution in [1.29, 1.82) is 0 Å². The van der Waals surface area contributed by atoms with Crippen molar-refractivity contribution in [3.05, 3.63) is 35.4 Å². The normalized spacial score (nSPS) is 10.4. The van der Waals surface area contributed by atoms with Crippen molar-refractivity contribution in [3.63, 3.8) is 0 Å². The molecule has 1 amide bonds. The summed E-state index contributed by atoms with van der Waals surface area (Å²) in [6.45, 7) is 1.80. The van der Waals surface area contributed by atoms with Gasteiger partial charge in [-0.15, -0.1) is 0 Å². The Morgan fingerprint density at radius 2 is 2.11 bits per heavy atom. The van der Waals surface area contributed by atoms with E-state index in [4.69, 9.17) is 0 Å². The number of carbonyl (C=O) groups is 1. The molecule has 1 N–H and O–H groups in total. The highest BCUT2D eigenvalue weighted by Gasteiger charge is 2.16. The first-order valence-electron chi connectivity index (χ1n) is 5.39. The van der Waals surface area contributed by atoms with Gasteiger partial charge < -0.3 is 4.90 Å². The molecule has 6 heteroatoms. The summed E-state index contributed by atoms with van der Waals surface area (Å²) in [5.41, 5.74) is 1.09. The summed E-state index contributed by atoms with van der Waals surface area (Å²) in [6, 6.07) is 4.76.